The van der Waals surface area contributed by atoms with E-state index >= 15 is 0 Å². The molecule has 6 heteroatoms. The summed E-state index contributed by atoms with van der Waals surface area (Å²) in [5.74, 6) is 0.805. The fraction of sp³-hybridized carbons (Fsp3) is 0.333. The maximum absolute atomic E-state index is 11.9. The highest BCUT2D eigenvalue weighted by atomic mass is 79.9. The Balaban J connectivity index is 2.14. The maximum atomic E-state index is 11.9. The minimum atomic E-state index is -0.124. The number of nitrogens with zero attached hydrogens (tertiary/aromatic N) is 2. The molecular weight excluding hydrogens is 298 g/mol. The number of aryl methyl sites for hydroxylation is 1. The van der Waals surface area contributed by atoms with Crippen molar-refractivity contribution < 1.29 is 4.42 Å². The molecule has 0 bridgehead atoms. The molecule has 0 saturated carbocycles. The summed E-state index contributed by atoms with van der Waals surface area (Å²) in [7, 11) is 0. The standard InChI is InChI=1S/C12H14BrN3O2/c1-2-5-16-12(17)11(13)10(8-15-16)14-7-9-4-3-6-18-9/h3-4,6,8,14H,2,5,7H2,1H3. The van der Waals surface area contributed by atoms with Gasteiger partial charge in [0.05, 0.1) is 24.7 Å². The minimum absolute atomic E-state index is 0.124. The molecule has 1 N–H and O–H groups in total. The average Bonchev–Trinajstić information content (AvgIpc) is 2.87. The van der Waals surface area contributed by atoms with Gasteiger partial charge < -0.3 is 9.73 Å². The van der Waals surface area contributed by atoms with Crippen molar-refractivity contribution in [1.29, 1.82) is 0 Å². The van der Waals surface area contributed by atoms with Crippen molar-refractivity contribution in [2.75, 3.05) is 5.32 Å². The molecule has 0 aliphatic heterocycles. The Bertz CT molecular complexity index is 563. The zero-order valence-electron chi connectivity index (χ0n) is 10.0. The zero-order chi connectivity index (χ0) is 13.0. The number of aromatic nitrogens is 2. The summed E-state index contributed by atoms with van der Waals surface area (Å²) in [4.78, 5) is 11.9. The third-order valence-electron chi connectivity index (χ3n) is 2.45. The van der Waals surface area contributed by atoms with Crippen LogP contribution in [0.4, 0.5) is 5.69 Å². The van der Waals surface area contributed by atoms with Gasteiger partial charge in [-0.15, -0.1) is 0 Å². The highest BCUT2D eigenvalue weighted by Crippen LogP contribution is 2.17. The van der Waals surface area contributed by atoms with E-state index in [2.05, 4.69) is 26.3 Å². The molecule has 2 heterocycles. The topological polar surface area (TPSA) is 60.1 Å². The molecule has 5 nitrogen and oxygen atoms in total. The van der Waals surface area contributed by atoms with Crippen LogP contribution in [0.2, 0.25) is 0 Å². The first-order valence-corrected chi connectivity index (χ1v) is 6.53. The number of halogens is 1. The first-order valence-electron chi connectivity index (χ1n) is 5.74. The van der Waals surface area contributed by atoms with Crippen LogP contribution in [-0.4, -0.2) is 9.78 Å². The number of rotatable bonds is 5. The first kappa shape index (κ1) is 12.9. The van der Waals surface area contributed by atoms with Crippen LogP contribution >= 0.6 is 15.9 Å². The van der Waals surface area contributed by atoms with E-state index in [1.165, 1.54) is 4.68 Å². The average molecular weight is 312 g/mol. The molecule has 0 spiro atoms. The Morgan fingerprint density at radius 1 is 1.56 bits per heavy atom. The fourth-order valence-electron chi connectivity index (χ4n) is 1.55. The molecule has 0 fully saturated rings. The Kier molecular flexibility index (Phi) is 4.19. The fourth-order valence-corrected chi connectivity index (χ4v) is 2.00. The van der Waals surface area contributed by atoms with Crippen LogP contribution in [-0.2, 0) is 13.1 Å². The highest BCUT2D eigenvalue weighted by Gasteiger charge is 2.08. The highest BCUT2D eigenvalue weighted by molar-refractivity contribution is 9.10. The molecule has 2 rings (SSSR count). The summed E-state index contributed by atoms with van der Waals surface area (Å²) in [6, 6.07) is 3.69. The lowest BCUT2D eigenvalue weighted by Crippen LogP contribution is -2.24. The van der Waals surface area contributed by atoms with Crippen molar-refractivity contribution in [3.05, 3.63) is 45.2 Å². The third-order valence-corrected chi connectivity index (χ3v) is 3.22. The van der Waals surface area contributed by atoms with Gasteiger partial charge in [0, 0.05) is 6.54 Å². The molecule has 2 aromatic rings. The van der Waals surface area contributed by atoms with Gasteiger partial charge in [0.25, 0.3) is 5.56 Å². The van der Waals surface area contributed by atoms with Gasteiger partial charge in [0.1, 0.15) is 10.2 Å². The summed E-state index contributed by atoms with van der Waals surface area (Å²) < 4.78 is 7.15. The van der Waals surface area contributed by atoms with Gasteiger partial charge in [0.15, 0.2) is 0 Å². The second kappa shape index (κ2) is 5.86. The Morgan fingerprint density at radius 2 is 2.39 bits per heavy atom. The number of anilines is 1. The largest absolute Gasteiger partial charge is 0.467 e. The van der Waals surface area contributed by atoms with Gasteiger partial charge >= 0.3 is 0 Å². The van der Waals surface area contributed by atoms with E-state index in [9.17, 15) is 4.79 Å². The Morgan fingerprint density at radius 3 is 3.06 bits per heavy atom. The van der Waals surface area contributed by atoms with Crippen molar-refractivity contribution in [2.24, 2.45) is 0 Å². The van der Waals surface area contributed by atoms with Crippen LogP contribution in [0.15, 0.2) is 38.3 Å². The molecule has 0 aliphatic carbocycles. The van der Waals surface area contributed by atoms with Crippen LogP contribution in [0.3, 0.4) is 0 Å². The smallest absolute Gasteiger partial charge is 0.283 e. The van der Waals surface area contributed by atoms with E-state index in [0.29, 0.717) is 23.2 Å². The number of furan rings is 1. The Hall–Kier alpha value is -1.56. The molecule has 18 heavy (non-hydrogen) atoms. The van der Waals surface area contributed by atoms with Gasteiger partial charge in [-0.05, 0) is 34.5 Å². The van der Waals surface area contributed by atoms with Crippen LogP contribution in [0.1, 0.15) is 19.1 Å². The van der Waals surface area contributed by atoms with E-state index in [1.54, 1.807) is 12.5 Å². The SMILES string of the molecule is CCCn1ncc(NCc2ccco2)c(Br)c1=O. The van der Waals surface area contributed by atoms with E-state index in [1.807, 2.05) is 19.1 Å². The number of hydrogen-bond acceptors (Lipinski definition) is 4. The summed E-state index contributed by atoms with van der Waals surface area (Å²) >= 11 is 3.30. The maximum Gasteiger partial charge on any atom is 0.283 e. The summed E-state index contributed by atoms with van der Waals surface area (Å²) in [6.45, 7) is 3.14. The molecule has 0 unspecified atom stereocenters. The van der Waals surface area contributed by atoms with Gasteiger partial charge in [-0.3, -0.25) is 4.79 Å². The van der Waals surface area contributed by atoms with Gasteiger partial charge in [-0.1, -0.05) is 6.92 Å². The van der Waals surface area contributed by atoms with Gasteiger partial charge in [0.2, 0.25) is 0 Å². The van der Waals surface area contributed by atoms with Crippen LogP contribution in [0, 0.1) is 0 Å². The van der Waals surface area contributed by atoms with Crippen LogP contribution in [0.5, 0.6) is 0 Å². The second-order valence-corrected chi connectivity index (χ2v) is 4.63. The van der Waals surface area contributed by atoms with E-state index in [4.69, 9.17) is 4.42 Å². The van der Waals surface area contributed by atoms with Gasteiger partial charge in [-0.2, -0.15) is 5.10 Å². The summed E-state index contributed by atoms with van der Waals surface area (Å²) in [6.07, 6.45) is 4.13. The minimum Gasteiger partial charge on any atom is -0.467 e. The van der Waals surface area contributed by atoms with Crippen LogP contribution in [0.25, 0.3) is 0 Å². The lowest BCUT2D eigenvalue weighted by molar-refractivity contribution is 0.517. The molecule has 0 radical (unpaired) electrons. The molecule has 0 aliphatic rings. The lowest BCUT2D eigenvalue weighted by atomic mass is 10.4. The molecule has 96 valence electrons. The van der Waals surface area contributed by atoms with Gasteiger partial charge in [-0.25, -0.2) is 4.68 Å². The number of hydrogen-bond donors (Lipinski definition) is 1. The Labute approximate surface area is 113 Å². The van der Waals surface area contributed by atoms with Crippen LogP contribution < -0.4 is 10.9 Å². The normalized spacial score (nSPS) is 10.6. The molecule has 0 aromatic carbocycles. The lowest BCUT2D eigenvalue weighted by Gasteiger charge is -2.08. The number of nitrogens with one attached hydrogen (secondary N) is 1. The zero-order valence-corrected chi connectivity index (χ0v) is 11.6. The van der Waals surface area contributed by atoms with E-state index in [-0.39, 0.29) is 5.56 Å². The third kappa shape index (κ3) is 2.81. The quantitative estimate of drug-likeness (QED) is 0.922. The summed E-state index contributed by atoms with van der Waals surface area (Å²) in [5, 5.41) is 7.22. The van der Waals surface area contributed by atoms with E-state index in [0.717, 1.165) is 12.2 Å². The molecule has 0 atom stereocenters. The summed E-state index contributed by atoms with van der Waals surface area (Å²) in [5.41, 5.74) is 0.546. The molecule has 0 saturated heterocycles. The molecule has 0 amide bonds. The first-order chi connectivity index (χ1) is 8.72. The van der Waals surface area contributed by atoms with E-state index < -0.39 is 0 Å². The second-order valence-electron chi connectivity index (χ2n) is 3.83. The van der Waals surface area contributed by atoms with Crippen molar-refractivity contribution >= 4 is 21.6 Å². The monoisotopic (exact) mass is 311 g/mol. The molecule has 2 aromatic heterocycles. The van der Waals surface area contributed by atoms with Crippen molar-refractivity contribution in [3.63, 3.8) is 0 Å². The predicted molar refractivity (Wildman–Crippen MR) is 72.5 cm³/mol. The predicted octanol–water partition coefficient (Wildman–Crippen LogP) is 2.62. The van der Waals surface area contributed by atoms with Crippen molar-refractivity contribution in [3.8, 4) is 0 Å². The molecular formula is C12H14BrN3O2. The van der Waals surface area contributed by atoms with Crippen molar-refractivity contribution in [2.45, 2.75) is 26.4 Å². The van der Waals surface area contributed by atoms with Crippen molar-refractivity contribution in [1.82, 2.24) is 9.78 Å².